The second-order valence-corrected chi connectivity index (χ2v) is 8.21. The molecule has 0 saturated carbocycles. The highest BCUT2D eigenvalue weighted by Gasteiger charge is 2.20. The van der Waals surface area contributed by atoms with Gasteiger partial charge >= 0.3 is 0 Å². The molecule has 0 fully saturated rings. The van der Waals surface area contributed by atoms with Crippen LogP contribution in [0.15, 0.2) is 43.1 Å². The SMILES string of the molecule is C=CC(OC(C)C)C(C)Nc1ncc2sc(C)c(-c3ccccc3OC)c2n1. The van der Waals surface area contributed by atoms with E-state index in [9.17, 15) is 0 Å². The van der Waals surface area contributed by atoms with Crippen molar-refractivity contribution in [2.45, 2.75) is 45.9 Å². The minimum Gasteiger partial charge on any atom is -0.496 e. The molecule has 0 spiro atoms. The van der Waals surface area contributed by atoms with Gasteiger partial charge in [0, 0.05) is 16.0 Å². The predicted octanol–water partition coefficient (Wildman–Crippen LogP) is 5.46. The molecule has 0 saturated heterocycles. The second kappa shape index (κ2) is 8.71. The summed E-state index contributed by atoms with van der Waals surface area (Å²) in [7, 11) is 1.69. The van der Waals surface area contributed by atoms with Crippen LogP contribution in [0.4, 0.5) is 5.95 Å². The lowest BCUT2D eigenvalue weighted by molar-refractivity contribution is 0.0282. The molecule has 1 N–H and O–H groups in total. The number of nitrogens with one attached hydrogen (secondary N) is 1. The molecule has 2 atom stereocenters. The van der Waals surface area contributed by atoms with E-state index in [0.29, 0.717) is 5.95 Å². The number of hydrogen-bond donors (Lipinski definition) is 1. The van der Waals surface area contributed by atoms with Gasteiger partial charge < -0.3 is 14.8 Å². The van der Waals surface area contributed by atoms with E-state index in [4.69, 9.17) is 14.5 Å². The largest absolute Gasteiger partial charge is 0.496 e. The number of para-hydroxylation sites is 1. The Labute approximate surface area is 170 Å². The van der Waals surface area contributed by atoms with Crippen LogP contribution in [0.25, 0.3) is 21.3 Å². The molecule has 148 valence electrons. The third-order valence-corrected chi connectivity index (χ3v) is 5.52. The van der Waals surface area contributed by atoms with Crippen molar-refractivity contribution in [1.29, 1.82) is 0 Å². The van der Waals surface area contributed by atoms with Crippen molar-refractivity contribution in [1.82, 2.24) is 9.97 Å². The Kier molecular flexibility index (Phi) is 6.31. The fraction of sp³-hybridized carbons (Fsp3) is 0.364. The Morgan fingerprint density at radius 2 is 1.96 bits per heavy atom. The predicted molar refractivity (Wildman–Crippen MR) is 117 cm³/mol. The first-order valence-corrected chi connectivity index (χ1v) is 10.2. The number of hydrogen-bond acceptors (Lipinski definition) is 6. The molecule has 2 aromatic heterocycles. The van der Waals surface area contributed by atoms with Crippen molar-refractivity contribution < 1.29 is 9.47 Å². The van der Waals surface area contributed by atoms with E-state index >= 15 is 0 Å². The van der Waals surface area contributed by atoms with Gasteiger partial charge in [0.25, 0.3) is 0 Å². The molecule has 0 aliphatic carbocycles. The lowest BCUT2D eigenvalue weighted by atomic mass is 10.0. The number of thiophene rings is 1. The number of rotatable bonds is 8. The summed E-state index contributed by atoms with van der Waals surface area (Å²) in [6.07, 6.45) is 3.68. The second-order valence-electron chi connectivity index (χ2n) is 6.96. The summed E-state index contributed by atoms with van der Waals surface area (Å²) >= 11 is 1.69. The topological polar surface area (TPSA) is 56.3 Å². The Morgan fingerprint density at radius 1 is 1.21 bits per heavy atom. The molecule has 28 heavy (non-hydrogen) atoms. The third kappa shape index (κ3) is 4.18. The number of nitrogens with zero attached hydrogens (tertiary/aromatic N) is 2. The first-order chi connectivity index (χ1) is 13.4. The first-order valence-electron chi connectivity index (χ1n) is 9.38. The highest BCUT2D eigenvalue weighted by atomic mass is 32.1. The fourth-order valence-corrected chi connectivity index (χ4v) is 4.21. The number of benzene rings is 1. The molecule has 3 rings (SSSR count). The van der Waals surface area contributed by atoms with Gasteiger partial charge in [-0.15, -0.1) is 17.9 Å². The Morgan fingerprint density at radius 3 is 2.64 bits per heavy atom. The number of methoxy groups -OCH3 is 1. The molecule has 6 heteroatoms. The van der Waals surface area contributed by atoms with Gasteiger partial charge in [-0.05, 0) is 33.8 Å². The van der Waals surface area contributed by atoms with Gasteiger partial charge in [-0.3, -0.25) is 0 Å². The molecule has 0 amide bonds. The van der Waals surface area contributed by atoms with E-state index in [2.05, 4.69) is 29.9 Å². The van der Waals surface area contributed by atoms with E-state index in [-0.39, 0.29) is 18.2 Å². The van der Waals surface area contributed by atoms with Crippen LogP contribution in [-0.2, 0) is 4.74 Å². The zero-order valence-electron chi connectivity index (χ0n) is 17.0. The van der Waals surface area contributed by atoms with Gasteiger partial charge in [0.05, 0.1) is 41.8 Å². The summed E-state index contributed by atoms with van der Waals surface area (Å²) in [5.41, 5.74) is 3.06. The van der Waals surface area contributed by atoms with E-state index < -0.39 is 0 Å². The van der Waals surface area contributed by atoms with Crippen LogP contribution in [0.1, 0.15) is 25.6 Å². The molecule has 0 radical (unpaired) electrons. The van der Waals surface area contributed by atoms with Gasteiger partial charge in [0.1, 0.15) is 5.75 Å². The summed E-state index contributed by atoms with van der Waals surface area (Å²) in [4.78, 5) is 10.5. The van der Waals surface area contributed by atoms with Crippen molar-refractivity contribution in [3.05, 3.63) is 48.0 Å². The van der Waals surface area contributed by atoms with Crippen molar-refractivity contribution in [2.75, 3.05) is 12.4 Å². The monoisotopic (exact) mass is 397 g/mol. The molecule has 0 bridgehead atoms. The molecule has 5 nitrogen and oxygen atoms in total. The lowest BCUT2D eigenvalue weighted by Gasteiger charge is -2.24. The number of aromatic nitrogens is 2. The summed E-state index contributed by atoms with van der Waals surface area (Å²) in [6.45, 7) is 12.1. The maximum absolute atomic E-state index is 5.90. The number of ether oxygens (including phenoxy) is 2. The van der Waals surface area contributed by atoms with Gasteiger partial charge in [0.2, 0.25) is 5.95 Å². The third-order valence-electron chi connectivity index (χ3n) is 4.49. The van der Waals surface area contributed by atoms with Crippen LogP contribution in [0, 0.1) is 6.92 Å². The van der Waals surface area contributed by atoms with E-state index in [0.717, 1.165) is 27.1 Å². The smallest absolute Gasteiger partial charge is 0.223 e. The standard InChI is InChI=1S/C22H27N3O2S/c1-7-17(27-13(2)3)14(4)24-22-23-12-19-21(25-22)20(15(5)28-19)16-10-8-9-11-18(16)26-6/h7-14,17H,1H2,2-6H3,(H,23,24,25). The zero-order valence-corrected chi connectivity index (χ0v) is 17.8. The highest BCUT2D eigenvalue weighted by molar-refractivity contribution is 7.19. The van der Waals surface area contributed by atoms with Crippen LogP contribution >= 0.6 is 11.3 Å². The molecule has 1 aromatic carbocycles. The lowest BCUT2D eigenvalue weighted by Crippen LogP contribution is -2.34. The Hall–Kier alpha value is -2.44. The van der Waals surface area contributed by atoms with Crippen LogP contribution < -0.4 is 10.1 Å². The molecule has 3 aromatic rings. The van der Waals surface area contributed by atoms with Crippen LogP contribution in [-0.4, -0.2) is 35.3 Å². The molecule has 2 unspecified atom stereocenters. The summed E-state index contributed by atoms with van der Waals surface area (Å²) in [5.74, 6) is 1.41. The summed E-state index contributed by atoms with van der Waals surface area (Å²) in [5, 5.41) is 3.36. The average Bonchev–Trinajstić information content (AvgIpc) is 3.00. The van der Waals surface area contributed by atoms with Gasteiger partial charge in [0.15, 0.2) is 0 Å². The van der Waals surface area contributed by atoms with Gasteiger partial charge in [-0.25, -0.2) is 9.97 Å². The Balaban J connectivity index is 1.98. The van der Waals surface area contributed by atoms with E-state index in [1.165, 1.54) is 4.88 Å². The Bertz CT molecular complexity index is 968. The summed E-state index contributed by atoms with van der Waals surface area (Å²) < 4.78 is 12.5. The van der Waals surface area contributed by atoms with Crippen LogP contribution in [0.2, 0.25) is 0 Å². The van der Waals surface area contributed by atoms with Crippen molar-refractivity contribution in [3.8, 4) is 16.9 Å². The fourth-order valence-electron chi connectivity index (χ4n) is 3.22. The summed E-state index contributed by atoms with van der Waals surface area (Å²) in [6, 6.07) is 8.02. The van der Waals surface area contributed by atoms with Crippen molar-refractivity contribution in [3.63, 3.8) is 0 Å². The van der Waals surface area contributed by atoms with Crippen molar-refractivity contribution in [2.24, 2.45) is 0 Å². The minimum absolute atomic E-state index is 0.00760. The van der Waals surface area contributed by atoms with Gasteiger partial charge in [-0.2, -0.15) is 0 Å². The normalized spacial score (nSPS) is 13.5. The van der Waals surface area contributed by atoms with Crippen LogP contribution in [0.5, 0.6) is 5.75 Å². The van der Waals surface area contributed by atoms with Crippen molar-refractivity contribution >= 4 is 27.5 Å². The molecule has 0 aliphatic heterocycles. The molecular weight excluding hydrogens is 370 g/mol. The first kappa shape index (κ1) is 20.3. The van der Waals surface area contributed by atoms with Crippen LogP contribution in [0.3, 0.4) is 0 Å². The minimum atomic E-state index is -0.128. The quantitative estimate of drug-likeness (QED) is 0.512. The molecule has 2 heterocycles. The number of anilines is 1. The maximum Gasteiger partial charge on any atom is 0.223 e. The van der Waals surface area contributed by atoms with E-state index in [1.807, 2.05) is 51.2 Å². The maximum atomic E-state index is 5.90. The number of aryl methyl sites for hydroxylation is 1. The highest BCUT2D eigenvalue weighted by Crippen LogP contribution is 2.41. The molecular formula is C22H27N3O2S. The molecule has 0 aliphatic rings. The van der Waals surface area contributed by atoms with Gasteiger partial charge in [-0.1, -0.05) is 24.3 Å². The average molecular weight is 398 g/mol. The zero-order chi connectivity index (χ0) is 20.3. The number of fused-ring (bicyclic) bond motifs is 1. The van der Waals surface area contributed by atoms with E-state index in [1.54, 1.807) is 18.4 Å².